The maximum atomic E-state index is 11.0. The van der Waals surface area contributed by atoms with Crippen molar-refractivity contribution in [3.63, 3.8) is 0 Å². The molecule has 1 fully saturated rings. The molecule has 1 aliphatic rings. The molecule has 1 aromatic carbocycles. The highest BCUT2D eigenvalue weighted by Crippen LogP contribution is 2.35. The monoisotopic (exact) mass is 279 g/mol. The lowest BCUT2D eigenvalue weighted by atomic mass is 10.1. The van der Waals surface area contributed by atoms with Gasteiger partial charge >= 0.3 is 5.69 Å². The van der Waals surface area contributed by atoms with Gasteiger partial charge in [-0.15, -0.1) is 0 Å². The van der Waals surface area contributed by atoms with Gasteiger partial charge in [-0.2, -0.15) is 0 Å². The van der Waals surface area contributed by atoms with Crippen LogP contribution in [0.5, 0.6) is 5.75 Å². The molecule has 2 atom stereocenters. The number of anilines is 1. The topological polar surface area (TPSA) is 81.6 Å². The van der Waals surface area contributed by atoms with Crippen molar-refractivity contribution in [1.29, 1.82) is 0 Å². The average Bonchev–Trinajstić information content (AvgIpc) is 2.80. The molecule has 1 aromatic rings. The normalized spacial score (nSPS) is 22.1. The molecule has 0 amide bonds. The molecule has 2 N–H and O–H groups in total. The highest BCUT2D eigenvalue weighted by atomic mass is 16.6. The molecule has 0 aliphatic carbocycles. The molecular weight excluding hydrogens is 258 g/mol. The van der Waals surface area contributed by atoms with Crippen LogP contribution in [-0.2, 0) is 0 Å². The fraction of sp³-hybridized carbons (Fsp3) is 0.571. The molecule has 6 heteroatoms. The number of nitro groups is 1. The SMILES string of the molecule is CCOc1cc(N2CC(CN)CC2C)ccc1[N+](=O)[O-]. The summed E-state index contributed by atoms with van der Waals surface area (Å²) in [6.45, 7) is 5.94. The lowest BCUT2D eigenvalue weighted by molar-refractivity contribution is -0.385. The Morgan fingerprint density at radius 2 is 2.30 bits per heavy atom. The Balaban J connectivity index is 2.29. The number of nitro benzene ring substituents is 1. The maximum absolute atomic E-state index is 11.0. The zero-order valence-corrected chi connectivity index (χ0v) is 11.9. The highest BCUT2D eigenvalue weighted by Gasteiger charge is 2.29. The third kappa shape index (κ3) is 2.85. The van der Waals surface area contributed by atoms with Gasteiger partial charge in [-0.05, 0) is 38.8 Å². The first-order chi connectivity index (χ1) is 9.56. The second kappa shape index (κ2) is 6.09. The van der Waals surface area contributed by atoms with Gasteiger partial charge in [0.1, 0.15) is 0 Å². The van der Waals surface area contributed by atoms with Crippen molar-refractivity contribution in [3.05, 3.63) is 28.3 Å². The molecule has 2 rings (SSSR count). The standard InChI is InChI=1S/C14H21N3O3/c1-3-20-14-7-12(4-5-13(14)17(18)19)16-9-11(8-15)6-10(16)2/h4-5,7,10-11H,3,6,8-9,15H2,1-2H3. The molecule has 0 aromatic heterocycles. The maximum Gasteiger partial charge on any atom is 0.311 e. The molecule has 0 radical (unpaired) electrons. The van der Waals surface area contributed by atoms with Crippen LogP contribution < -0.4 is 15.4 Å². The molecule has 1 heterocycles. The number of benzene rings is 1. The lowest BCUT2D eigenvalue weighted by Gasteiger charge is -2.24. The van der Waals surface area contributed by atoms with E-state index in [9.17, 15) is 10.1 Å². The first-order valence-electron chi connectivity index (χ1n) is 6.94. The first kappa shape index (κ1) is 14.6. The van der Waals surface area contributed by atoms with Crippen molar-refractivity contribution in [1.82, 2.24) is 0 Å². The zero-order chi connectivity index (χ0) is 14.7. The molecule has 0 bridgehead atoms. The summed E-state index contributed by atoms with van der Waals surface area (Å²) < 4.78 is 5.39. The number of rotatable bonds is 5. The Bertz CT molecular complexity index is 493. The van der Waals surface area contributed by atoms with Gasteiger partial charge in [-0.1, -0.05) is 0 Å². The van der Waals surface area contributed by atoms with E-state index in [1.807, 2.05) is 6.92 Å². The number of nitrogens with zero attached hydrogens (tertiary/aromatic N) is 2. The number of hydrogen-bond acceptors (Lipinski definition) is 5. The van der Waals surface area contributed by atoms with E-state index < -0.39 is 4.92 Å². The second-order valence-corrected chi connectivity index (χ2v) is 5.18. The molecule has 1 saturated heterocycles. The van der Waals surface area contributed by atoms with E-state index in [2.05, 4.69) is 11.8 Å². The van der Waals surface area contributed by atoms with Crippen LogP contribution in [0, 0.1) is 16.0 Å². The van der Waals surface area contributed by atoms with Crippen molar-refractivity contribution < 1.29 is 9.66 Å². The van der Waals surface area contributed by atoms with Crippen molar-refractivity contribution in [3.8, 4) is 5.75 Å². The predicted molar refractivity (Wildman–Crippen MR) is 78.2 cm³/mol. The number of hydrogen-bond donors (Lipinski definition) is 1. The Labute approximate surface area is 118 Å². The number of ether oxygens (including phenoxy) is 1. The van der Waals surface area contributed by atoms with Gasteiger partial charge in [0, 0.05) is 30.4 Å². The summed E-state index contributed by atoms with van der Waals surface area (Å²) in [4.78, 5) is 12.8. The van der Waals surface area contributed by atoms with E-state index in [-0.39, 0.29) is 5.69 Å². The second-order valence-electron chi connectivity index (χ2n) is 5.18. The average molecular weight is 279 g/mol. The van der Waals surface area contributed by atoms with E-state index >= 15 is 0 Å². The van der Waals surface area contributed by atoms with Crippen LogP contribution in [0.3, 0.4) is 0 Å². The van der Waals surface area contributed by atoms with Gasteiger partial charge in [0.2, 0.25) is 0 Å². The van der Waals surface area contributed by atoms with Crippen LogP contribution in [0.2, 0.25) is 0 Å². The summed E-state index contributed by atoms with van der Waals surface area (Å²) in [6, 6.07) is 5.45. The van der Waals surface area contributed by atoms with Gasteiger partial charge < -0.3 is 15.4 Å². The van der Waals surface area contributed by atoms with E-state index in [1.165, 1.54) is 6.07 Å². The molecule has 0 spiro atoms. The largest absolute Gasteiger partial charge is 0.487 e. The Kier molecular flexibility index (Phi) is 4.44. The van der Waals surface area contributed by atoms with E-state index in [0.29, 0.717) is 30.9 Å². The minimum absolute atomic E-state index is 0.0119. The van der Waals surface area contributed by atoms with Crippen LogP contribution in [0.1, 0.15) is 20.3 Å². The number of nitrogens with two attached hydrogens (primary N) is 1. The minimum atomic E-state index is -0.412. The highest BCUT2D eigenvalue weighted by molar-refractivity contribution is 5.60. The van der Waals surface area contributed by atoms with Crippen LogP contribution in [0.15, 0.2) is 18.2 Å². The summed E-state index contributed by atoms with van der Waals surface area (Å²) in [5.74, 6) is 0.814. The minimum Gasteiger partial charge on any atom is -0.487 e. The third-order valence-electron chi connectivity index (χ3n) is 3.77. The third-order valence-corrected chi connectivity index (χ3v) is 3.77. The molecule has 110 valence electrons. The van der Waals surface area contributed by atoms with Crippen molar-refractivity contribution in [2.24, 2.45) is 11.7 Å². The van der Waals surface area contributed by atoms with Crippen molar-refractivity contribution in [2.75, 3.05) is 24.6 Å². The molecule has 0 saturated carbocycles. The van der Waals surface area contributed by atoms with Gasteiger partial charge in [0.05, 0.1) is 11.5 Å². The summed E-state index contributed by atoms with van der Waals surface area (Å²) in [7, 11) is 0. The summed E-state index contributed by atoms with van der Waals surface area (Å²) in [5.41, 5.74) is 6.71. The summed E-state index contributed by atoms with van der Waals surface area (Å²) in [6.07, 6.45) is 1.05. The Hall–Kier alpha value is -1.82. The van der Waals surface area contributed by atoms with Gasteiger partial charge in [0.25, 0.3) is 0 Å². The molecular formula is C14H21N3O3. The van der Waals surface area contributed by atoms with E-state index in [0.717, 1.165) is 18.7 Å². The molecule has 2 unspecified atom stereocenters. The van der Waals surface area contributed by atoms with Crippen LogP contribution in [0.4, 0.5) is 11.4 Å². The van der Waals surface area contributed by atoms with Crippen LogP contribution in [0.25, 0.3) is 0 Å². The fourth-order valence-corrected chi connectivity index (χ4v) is 2.78. The molecule has 1 aliphatic heterocycles. The molecule has 6 nitrogen and oxygen atoms in total. The van der Waals surface area contributed by atoms with Crippen LogP contribution in [-0.4, -0.2) is 30.7 Å². The van der Waals surface area contributed by atoms with E-state index in [4.69, 9.17) is 10.5 Å². The molecule has 20 heavy (non-hydrogen) atoms. The Morgan fingerprint density at radius 1 is 1.55 bits per heavy atom. The van der Waals surface area contributed by atoms with Crippen LogP contribution >= 0.6 is 0 Å². The van der Waals surface area contributed by atoms with Crippen molar-refractivity contribution in [2.45, 2.75) is 26.3 Å². The van der Waals surface area contributed by atoms with Gasteiger partial charge in [-0.25, -0.2) is 0 Å². The fourth-order valence-electron chi connectivity index (χ4n) is 2.78. The smallest absolute Gasteiger partial charge is 0.311 e. The van der Waals surface area contributed by atoms with Crippen molar-refractivity contribution >= 4 is 11.4 Å². The zero-order valence-electron chi connectivity index (χ0n) is 11.9. The quantitative estimate of drug-likeness (QED) is 0.660. The van der Waals surface area contributed by atoms with Gasteiger partial charge in [0.15, 0.2) is 5.75 Å². The predicted octanol–water partition coefficient (Wildman–Crippen LogP) is 2.17. The first-order valence-corrected chi connectivity index (χ1v) is 6.94. The van der Waals surface area contributed by atoms with E-state index in [1.54, 1.807) is 12.1 Å². The summed E-state index contributed by atoms with van der Waals surface area (Å²) >= 11 is 0. The summed E-state index contributed by atoms with van der Waals surface area (Å²) in [5, 5.41) is 11.0. The lowest BCUT2D eigenvalue weighted by Crippen LogP contribution is -2.27. The Morgan fingerprint density at radius 3 is 2.85 bits per heavy atom. The van der Waals surface area contributed by atoms with Gasteiger partial charge in [-0.3, -0.25) is 10.1 Å².